The van der Waals surface area contributed by atoms with E-state index in [-0.39, 0.29) is 5.82 Å². The molecular formula is C11H15FN2. The first-order chi connectivity index (χ1) is 6.75. The quantitative estimate of drug-likeness (QED) is 0.726. The van der Waals surface area contributed by atoms with E-state index < -0.39 is 0 Å². The highest BCUT2D eigenvalue weighted by molar-refractivity contribution is 5.65. The molecule has 0 heterocycles. The first kappa shape index (κ1) is 9.31. The van der Waals surface area contributed by atoms with E-state index in [4.69, 9.17) is 5.73 Å². The maximum atomic E-state index is 12.9. The third kappa shape index (κ3) is 1.97. The fourth-order valence-corrected chi connectivity index (χ4v) is 1.63. The number of benzene rings is 1. The van der Waals surface area contributed by atoms with Gasteiger partial charge < -0.3 is 11.1 Å². The second-order valence-electron chi connectivity index (χ2n) is 3.91. The van der Waals surface area contributed by atoms with Crippen LogP contribution in [0.3, 0.4) is 0 Å². The molecule has 3 N–H and O–H groups in total. The largest absolute Gasteiger partial charge is 0.397 e. The molecule has 0 radical (unpaired) electrons. The Bertz CT molecular complexity index is 321. The van der Waals surface area contributed by atoms with Crippen LogP contribution in [0, 0.1) is 11.7 Å². The van der Waals surface area contributed by atoms with E-state index in [2.05, 4.69) is 5.32 Å². The highest BCUT2D eigenvalue weighted by Gasteiger charge is 2.16. The van der Waals surface area contributed by atoms with Crippen LogP contribution in [0.1, 0.15) is 19.3 Å². The van der Waals surface area contributed by atoms with E-state index in [9.17, 15) is 4.39 Å². The molecule has 0 spiro atoms. The molecule has 1 aromatic rings. The second-order valence-corrected chi connectivity index (χ2v) is 3.91. The lowest BCUT2D eigenvalue weighted by molar-refractivity contribution is 0.333. The van der Waals surface area contributed by atoms with Gasteiger partial charge in [0.05, 0.1) is 11.4 Å². The monoisotopic (exact) mass is 194 g/mol. The Balaban J connectivity index is 1.96. The first-order valence-electron chi connectivity index (χ1n) is 5.04. The molecule has 1 aliphatic rings. The molecule has 2 rings (SSSR count). The van der Waals surface area contributed by atoms with Gasteiger partial charge in [-0.05, 0) is 37.0 Å². The fraction of sp³-hybridized carbons (Fsp3) is 0.455. The van der Waals surface area contributed by atoms with E-state index in [1.54, 1.807) is 6.07 Å². The van der Waals surface area contributed by atoms with Crippen molar-refractivity contribution in [1.82, 2.24) is 0 Å². The molecule has 0 bridgehead atoms. The summed E-state index contributed by atoms with van der Waals surface area (Å²) in [6.45, 7) is 0.910. The maximum Gasteiger partial charge on any atom is 0.125 e. The predicted octanol–water partition coefficient (Wildman–Crippen LogP) is 2.62. The van der Waals surface area contributed by atoms with Gasteiger partial charge in [-0.1, -0.05) is 6.42 Å². The molecule has 1 aromatic carbocycles. The van der Waals surface area contributed by atoms with Gasteiger partial charge in [0.1, 0.15) is 5.82 Å². The number of nitrogens with two attached hydrogens (primary N) is 1. The molecule has 1 fully saturated rings. The highest BCUT2D eigenvalue weighted by Crippen LogP contribution is 2.27. The van der Waals surface area contributed by atoms with Crippen molar-refractivity contribution >= 4 is 11.4 Å². The summed E-state index contributed by atoms with van der Waals surface area (Å²) in [6, 6.07) is 4.43. The van der Waals surface area contributed by atoms with Crippen molar-refractivity contribution in [2.45, 2.75) is 19.3 Å². The van der Waals surface area contributed by atoms with Gasteiger partial charge in [0.25, 0.3) is 0 Å². The molecule has 1 saturated carbocycles. The number of rotatable bonds is 3. The summed E-state index contributed by atoms with van der Waals surface area (Å²) in [5, 5.41) is 3.19. The fourth-order valence-electron chi connectivity index (χ4n) is 1.63. The molecule has 0 aliphatic heterocycles. The Labute approximate surface area is 83.3 Å². The van der Waals surface area contributed by atoms with Crippen LogP contribution in [-0.4, -0.2) is 6.54 Å². The summed E-state index contributed by atoms with van der Waals surface area (Å²) in [6.07, 6.45) is 3.88. The third-order valence-corrected chi connectivity index (χ3v) is 2.82. The average Bonchev–Trinajstić information content (AvgIpc) is 2.08. The molecule has 1 aliphatic carbocycles. The molecule has 14 heavy (non-hydrogen) atoms. The predicted molar refractivity (Wildman–Crippen MR) is 56.6 cm³/mol. The van der Waals surface area contributed by atoms with Crippen molar-refractivity contribution < 1.29 is 4.39 Å². The summed E-state index contributed by atoms with van der Waals surface area (Å²) >= 11 is 0. The zero-order valence-corrected chi connectivity index (χ0v) is 8.09. The maximum absolute atomic E-state index is 12.9. The van der Waals surface area contributed by atoms with Crippen LogP contribution >= 0.6 is 0 Å². The zero-order chi connectivity index (χ0) is 9.97. The van der Waals surface area contributed by atoms with Gasteiger partial charge in [0.2, 0.25) is 0 Å². The van der Waals surface area contributed by atoms with Crippen molar-refractivity contribution in [3.63, 3.8) is 0 Å². The Morgan fingerprint density at radius 3 is 2.86 bits per heavy atom. The van der Waals surface area contributed by atoms with Gasteiger partial charge >= 0.3 is 0 Å². The summed E-state index contributed by atoms with van der Waals surface area (Å²) in [5.74, 6) is 0.507. The lowest BCUT2D eigenvalue weighted by Gasteiger charge is -2.26. The van der Waals surface area contributed by atoms with Crippen LogP contribution in [0.25, 0.3) is 0 Å². The van der Waals surface area contributed by atoms with Crippen molar-refractivity contribution in [2.75, 3.05) is 17.6 Å². The molecule has 0 atom stereocenters. The molecule has 76 valence electrons. The summed E-state index contributed by atoms with van der Waals surface area (Å²) in [5.41, 5.74) is 7.04. The van der Waals surface area contributed by atoms with Gasteiger partial charge in [-0.25, -0.2) is 4.39 Å². The van der Waals surface area contributed by atoms with Crippen LogP contribution in [0.5, 0.6) is 0 Å². The van der Waals surface area contributed by atoms with Crippen LogP contribution in [0.2, 0.25) is 0 Å². The minimum absolute atomic E-state index is 0.240. The second kappa shape index (κ2) is 3.86. The summed E-state index contributed by atoms with van der Waals surface area (Å²) < 4.78 is 12.9. The van der Waals surface area contributed by atoms with Crippen molar-refractivity contribution in [3.8, 4) is 0 Å². The molecule has 0 amide bonds. The van der Waals surface area contributed by atoms with Gasteiger partial charge in [-0.2, -0.15) is 0 Å². The topological polar surface area (TPSA) is 38.0 Å². The van der Waals surface area contributed by atoms with Crippen molar-refractivity contribution in [2.24, 2.45) is 5.92 Å². The molecule has 0 aromatic heterocycles. The Hall–Kier alpha value is -1.25. The Morgan fingerprint density at radius 1 is 1.43 bits per heavy atom. The zero-order valence-electron chi connectivity index (χ0n) is 8.09. The molecule has 0 unspecified atom stereocenters. The van der Waals surface area contributed by atoms with Crippen molar-refractivity contribution in [1.29, 1.82) is 0 Å². The lowest BCUT2D eigenvalue weighted by atomic mass is 9.85. The molecular weight excluding hydrogens is 179 g/mol. The number of halogens is 1. The smallest absolute Gasteiger partial charge is 0.125 e. The van der Waals surface area contributed by atoms with E-state index in [0.29, 0.717) is 5.69 Å². The Kier molecular flexibility index (Phi) is 2.57. The van der Waals surface area contributed by atoms with Crippen molar-refractivity contribution in [3.05, 3.63) is 24.0 Å². The SMILES string of the molecule is Nc1ccc(F)cc1NCC1CCC1. The minimum Gasteiger partial charge on any atom is -0.397 e. The molecule has 0 saturated heterocycles. The van der Waals surface area contributed by atoms with Gasteiger partial charge in [-0.3, -0.25) is 0 Å². The third-order valence-electron chi connectivity index (χ3n) is 2.82. The van der Waals surface area contributed by atoms with Crippen LogP contribution in [0.15, 0.2) is 18.2 Å². The van der Waals surface area contributed by atoms with Crippen LogP contribution < -0.4 is 11.1 Å². The van der Waals surface area contributed by atoms with Crippen LogP contribution in [-0.2, 0) is 0 Å². The standard InChI is InChI=1S/C11H15FN2/c12-9-4-5-10(13)11(6-9)14-7-8-2-1-3-8/h4-6,8,14H,1-3,7,13H2. The Morgan fingerprint density at radius 2 is 2.21 bits per heavy atom. The highest BCUT2D eigenvalue weighted by atomic mass is 19.1. The first-order valence-corrected chi connectivity index (χ1v) is 5.04. The summed E-state index contributed by atoms with van der Waals surface area (Å²) in [4.78, 5) is 0. The van der Waals surface area contributed by atoms with Gasteiger partial charge in [-0.15, -0.1) is 0 Å². The minimum atomic E-state index is -0.240. The summed E-state index contributed by atoms with van der Waals surface area (Å²) in [7, 11) is 0. The van der Waals surface area contributed by atoms with E-state index in [1.165, 1.54) is 31.4 Å². The number of anilines is 2. The van der Waals surface area contributed by atoms with E-state index in [1.807, 2.05) is 0 Å². The van der Waals surface area contributed by atoms with Gasteiger partial charge in [0, 0.05) is 6.54 Å². The number of hydrogen-bond acceptors (Lipinski definition) is 2. The van der Waals surface area contributed by atoms with Crippen LogP contribution in [0.4, 0.5) is 15.8 Å². The van der Waals surface area contributed by atoms with E-state index >= 15 is 0 Å². The average molecular weight is 194 g/mol. The number of hydrogen-bond donors (Lipinski definition) is 2. The molecule has 3 heteroatoms. The van der Waals surface area contributed by atoms with E-state index in [0.717, 1.165) is 18.2 Å². The van der Waals surface area contributed by atoms with Gasteiger partial charge in [0.15, 0.2) is 0 Å². The number of nitrogens with one attached hydrogen (secondary N) is 1. The molecule has 2 nitrogen and oxygen atoms in total. The normalized spacial score (nSPS) is 16.4. The number of nitrogen functional groups attached to an aromatic ring is 1. The lowest BCUT2D eigenvalue weighted by Crippen LogP contribution is -2.21.